The first-order valence-electron chi connectivity index (χ1n) is 5.52. The lowest BCUT2D eigenvalue weighted by atomic mass is 10.1. The van der Waals surface area contributed by atoms with Gasteiger partial charge in [-0.1, -0.05) is 0 Å². The van der Waals surface area contributed by atoms with Crippen molar-refractivity contribution in [3.63, 3.8) is 0 Å². The van der Waals surface area contributed by atoms with Gasteiger partial charge >= 0.3 is 0 Å². The average Bonchev–Trinajstić information content (AvgIpc) is 2.46. The van der Waals surface area contributed by atoms with Crippen LogP contribution in [0.15, 0.2) is 30.6 Å². The van der Waals surface area contributed by atoms with Gasteiger partial charge in [-0.3, -0.25) is 0 Å². The van der Waals surface area contributed by atoms with Crippen molar-refractivity contribution in [1.82, 2.24) is 9.97 Å². The summed E-state index contributed by atoms with van der Waals surface area (Å²) in [7, 11) is 3.19. The van der Waals surface area contributed by atoms with Crippen molar-refractivity contribution in [3.05, 3.63) is 36.2 Å². The maximum atomic E-state index is 5.75. The van der Waals surface area contributed by atoms with Crippen LogP contribution in [0.3, 0.4) is 0 Å². The normalized spacial score (nSPS) is 10.2. The van der Waals surface area contributed by atoms with Gasteiger partial charge in [0.05, 0.1) is 14.2 Å². The maximum Gasteiger partial charge on any atom is 0.161 e. The van der Waals surface area contributed by atoms with Crippen LogP contribution in [-0.4, -0.2) is 24.2 Å². The number of aromatic nitrogens is 2. The van der Waals surface area contributed by atoms with Gasteiger partial charge in [-0.2, -0.15) is 0 Å². The minimum atomic E-state index is 0.383. The Bertz CT molecular complexity index is 529. The first kappa shape index (κ1) is 12.3. The third kappa shape index (κ3) is 2.26. The van der Waals surface area contributed by atoms with Crippen LogP contribution in [0.1, 0.15) is 5.56 Å². The summed E-state index contributed by atoms with van der Waals surface area (Å²) in [6.45, 7) is 0.383. The Morgan fingerprint density at radius 3 is 2.22 bits per heavy atom. The summed E-state index contributed by atoms with van der Waals surface area (Å²) in [5.41, 5.74) is 7.52. The van der Waals surface area contributed by atoms with E-state index in [0.29, 0.717) is 23.9 Å². The van der Waals surface area contributed by atoms with E-state index < -0.39 is 0 Å². The van der Waals surface area contributed by atoms with Crippen molar-refractivity contribution in [3.8, 4) is 22.9 Å². The van der Waals surface area contributed by atoms with Gasteiger partial charge in [-0.15, -0.1) is 0 Å². The quantitative estimate of drug-likeness (QED) is 0.886. The van der Waals surface area contributed by atoms with E-state index in [2.05, 4.69) is 9.97 Å². The summed E-state index contributed by atoms with van der Waals surface area (Å²) in [6, 6.07) is 5.47. The monoisotopic (exact) mass is 245 g/mol. The lowest BCUT2D eigenvalue weighted by Crippen LogP contribution is -2.03. The molecule has 0 fully saturated rings. The first-order chi connectivity index (χ1) is 8.80. The number of nitrogens with zero attached hydrogens (tertiary/aromatic N) is 2. The standard InChI is InChI=1S/C13H15N3O2/c1-17-11-6-9(8-14)10(7-12(11)18-2)13-15-4-3-5-16-13/h3-7H,8,14H2,1-2H3. The second kappa shape index (κ2) is 5.46. The molecular weight excluding hydrogens is 230 g/mol. The highest BCUT2D eigenvalue weighted by Gasteiger charge is 2.13. The molecule has 2 aromatic rings. The van der Waals surface area contributed by atoms with Crippen LogP contribution in [0.5, 0.6) is 11.5 Å². The predicted molar refractivity (Wildman–Crippen MR) is 68.5 cm³/mol. The first-order valence-corrected chi connectivity index (χ1v) is 5.52. The number of rotatable bonds is 4. The van der Waals surface area contributed by atoms with Gasteiger partial charge in [-0.25, -0.2) is 9.97 Å². The molecule has 0 aliphatic rings. The van der Waals surface area contributed by atoms with Gasteiger partial charge in [-0.05, 0) is 23.8 Å². The summed E-state index contributed by atoms with van der Waals surface area (Å²) in [6.07, 6.45) is 3.39. The van der Waals surface area contributed by atoms with E-state index in [1.54, 1.807) is 32.7 Å². The Labute approximate surface area is 106 Å². The van der Waals surface area contributed by atoms with Crippen LogP contribution in [0.4, 0.5) is 0 Å². The zero-order valence-corrected chi connectivity index (χ0v) is 10.4. The molecule has 0 amide bonds. The third-order valence-corrected chi connectivity index (χ3v) is 2.64. The largest absolute Gasteiger partial charge is 0.493 e. The SMILES string of the molecule is COc1cc(CN)c(-c2ncccn2)cc1OC. The van der Waals surface area contributed by atoms with Gasteiger partial charge in [0, 0.05) is 24.5 Å². The van der Waals surface area contributed by atoms with Gasteiger partial charge < -0.3 is 15.2 Å². The lowest BCUT2D eigenvalue weighted by Gasteiger charge is -2.13. The molecule has 0 unspecified atom stereocenters. The van der Waals surface area contributed by atoms with Crippen molar-refractivity contribution in [1.29, 1.82) is 0 Å². The summed E-state index contributed by atoms with van der Waals surface area (Å²) in [5, 5.41) is 0. The molecule has 0 saturated carbocycles. The fraction of sp³-hybridized carbons (Fsp3) is 0.231. The minimum absolute atomic E-state index is 0.383. The molecule has 0 saturated heterocycles. The van der Waals surface area contributed by atoms with E-state index >= 15 is 0 Å². The zero-order chi connectivity index (χ0) is 13.0. The number of ether oxygens (including phenoxy) is 2. The molecule has 0 aliphatic heterocycles. The molecule has 18 heavy (non-hydrogen) atoms. The smallest absolute Gasteiger partial charge is 0.161 e. The van der Waals surface area contributed by atoms with Gasteiger partial charge in [0.25, 0.3) is 0 Å². The molecule has 94 valence electrons. The Kier molecular flexibility index (Phi) is 3.74. The number of benzene rings is 1. The lowest BCUT2D eigenvalue weighted by molar-refractivity contribution is 0.354. The Morgan fingerprint density at radius 2 is 1.67 bits per heavy atom. The Hall–Kier alpha value is -2.14. The van der Waals surface area contributed by atoms with Crippen LogP contribution in [0, 0.1) is 0 Å². The van der Waals surface area contributed by atoms with E-state index in [0.717, 1.165) is 11.1 Å². The summed E-state index contributed by atoms with van der Waals surface area (Å²) < 4.78 is 10.5. The van der Waals surface area contributed by atoms with Gasteiger partial charge in [0.15, 0.2) is 17.3 Å². The van der Waals surface area contributed by atoms with Gasteiger partial charge in [0.1, 0.15) is 0 Å². The zero-order valence-electron chi connectivity index (χ0n) is 10.4. The van der Waals surface area contributed by atoms with Crippen LogP contribution in [-0.2, 0) is 6.54 Å². The Morgan fingerprint density at radius 1 is 1.06 bits per heavy atom. The minimum Gasteiger partial charge on any atom is -0.493 e. The van der Waals surface area contributed by atoms with Crippen LogP contribution in [0.25, 0.3) is 11.4 Å². The molecule has 2 N–H and O–H groups in total. The fourth-order valence-electron chi connectivity index (χ4n) is 1.74. The summed E-state index contributed by atoms with van der Waals surface area (Å²) >= 11 is 0. The van der Waals surface area contributed by atoms with Crippen LogP contribution >= 0.6 is 0 Å². The van der Waals surface area contributed by atoms with Crippen molar-refractivity contribution >= 4 is 0 Å². The molecular formula is C13H15N3O2. The second-order valence-corrected chi connectivity index (χ2v) is 3.64. The summed E-state index contributed by atoms with van der Waals surface area (Å²) in [5.74, 6) is 1.91. The van der Waals surface area contributed by atoms with E-state index in [9.17, 15) is 0 Å². The van der Waals surface area contributed by atoms with E-state index in [1.807, 2.05) is 12.1 Å². The molecule has 0 radical (unpaired) electrons. The van der Waals surface area contributed by atoms with Crippen molar-refractivity contribution in [2.75, 3.05) is 14.2 Å². The van der Waals surface area contributed by atoms with E-state index in [4.69, 9.17) is 15.2 Å². The molecule has 1 heterocycles. The number of hydrogen-bond acceptors (Lipinski definition) is 5. The van der Waals surface area contributed by atoms with Crippen molar-refractivity contribution < 1.29 is 9.47 Å². The second-order valence-electron chi connectivity index (χ2n) is 3.64. The van der Waals surface area contributed by atoms with Crippen LogP contribution in [0.2, 0.25) is 0 Å². The highest BCUT2D eigenvalue weighted by molar-refractivity contribution is 5.65. The number of nitrogens with two attached hydrogens (primary N) is 1. The molecule has 1 aromatic carbocycles. The van der Waals surface area contributed by atoms with Gasteiger partial charge in [0.2, 0.25) is 0 Å². The average molecular weight is 245 g/mol. The summed E-state index contributed by atoms with van der Waals surface area (Å²) in [4.78, 5) is 8.45. The van der Waals surface area contributed by atoms with Crippen molar-refractivity contribution in [2.24, 2.45) is 5.73 Å². The molecule has 0 spiro atoms. The maximum absolute atomic E-state index is 5.75. The molecule has 2 rings (SSSR count). The van der Waals surface area contributed by atoms with E-state index in [-0.39, 0.29) is 0 Å². The predicted octanol–water partition coefficient (Wildman–Crippen LogP) is 1.62. The van der Waals surface area contributed by atoms with Crippen LogP contribution < -0.4 is 15.2 Å². The molecule has 5 nitrogen and oxygen atoms in total. The topological polar surface area (TPSA) is 70.3 Å². The highest BCUT2D eigenvalue weighted by atomic mass is 16.5. The third-order valence-electron chi connectivity index (χ3n) is 2.64. The highest BCUT2D eigenvalue weighted by Crippen LogP contribution is 2.34. The Balaban J connectivity index is 2.59. The molecule has 1 aromatic heterocycles. The molecule has 5 heteroatoms. The molecule has 0 bridgehead atoms. The fourth-order valence-corrected chi connectivity index (χ4v) is 1.74. The molecule has 0 atom stereocenters. The number of hydrogen-bond donors (Lipinski definition) is 1. The number of methoxy groups -OCH3 is 2. The van der Waals surface area contributed by atoms with E-state index in [1.165, 1.54) is 0 Å². The molecule has 0 aliphatic carbocycles. The van der Waals surface area contributed by atoms with Crippen molar-refractivity contribution in [2.45, 2.75) is 6.54 Å².